The third kappa shape index (κ3) is 2.52. The highest BCUT2D eigenvalue weighted by atomic mass is 32.1. The summed E-state index contributed by atoms with van der Waals surface area (Å²) in [6.45, 7) is 3.84. The fraction of sp³-hybridized carbons (Fsp3) is 0.167. The molecule has 2 heterocycles. The molecular weight excluding hydrogens is 248 g/mol. The smallest absolute Gasteiger partial charge is 0.276 e. The Morgan fingerprint density at radius 1 is 1.44 bits per heavy atom. The van der Waals surface area contributed by atoms with Gasteiger partial charge in [-0.1, -0.05) is 0 Å². The average Bonchev–Trinajstić information content (AvgIpc) is 2.68. The summed E-state index contributed by atoms with van der Waals surface area (Å²) in [6, 6.07) is 5.02. The largest absolute Gasteiger partial charge is 0.296 e. The van der Waals surface area contributed by atoms with Gasteiger partial charge in [0.15, 0.2) is 5.13 Å². The monoisotopic (exact) mass is 258 g/mol. The van der Waals surface area contributed by atoms with Gasteiger partial charge in [-0.15, -0.1) is 11.3 Å². The van der Waals surface area contributed by atoms with Crippen LogP contribution in [0, 0.1) is 25.2 Å². The molecule has 0 fully saturated rings. The lowest BCUT2D eigenvalue weighted by Gasteiger charge is -2.00. The first-order chi connectivity index (χ1) is 8.60. The summed E-state index contributed by atoms with van der Waals surface area (Å²) in [7, 11) is 0. The number of nitriles is 1. The zero-order chi connectivity index (χ0) is 13.1. The SMILES string of the molecule is Cc1nc(NC(=O)c2ccc(C#N)cn2)sc1C. The third-order valence-electron chi connectivity index (χ3n) is 2.37. The van der Waals surface area contributed by atoms with E-state index >= 15 is 0 Å². The molecule has 1 N–H and O–H groups in total. The van der Waals surface area contributed by atoms with Crippen molar-refractivity contribution in [2.75, 3.05) is 5.32 Å². The number of aromatic nitrogens is 2. The van der Waals surface area contributed by atoms with Gasteiger partial charge in [0.1, 0.15) is 11.8 Å². The van der Waals surface area contributed by atoms with Crippen LogP contribution in [0.15, 0.2) is 18.3 Å². The van der Waals surface area contributed by atoms with E-state index in [-0.39, 0.29) is 11.6 Å². The average molecular weight is 258 g/mol. The van der Waals surface area contributed by atoms with Gasteiger partial charge in [-0.3, -0.25) is 10.1 Å². The van der Waals surface area contributed by atoms with Gasteiger partial charge in [-0.2, -0.15) is 5.26 Å². The van der Waals surface area contributed by atoms with Crippen molar-refractivity contribution in [2.45, 2.75) is 13.8 Å². The van der Waals surface area contributed by atoms with Crippen LogP contribution in [0.2, 0.25) is 0 Å². The van der Waals surface area contributed by atoms with Gasteiger partial charge in [-0.25, -0.2) is 9.97 Å². The molecule has 2 aromatic rings. The highest BCUT2D eigenvalue weighted by Crippen LogP contribution is 2.21. The van der Waals surface area contributed by atoms with Crippen LogP contribution in [0.4, 0.5) is 5.13 Å². The second-order valence-electron chi connectivity index (χ2n) is 3.66. The standard InChI is InChI=1S/C12H10N4OS/c1-7-8(2)18-12(15-7)16-11(17)10-4-3-9(5-13)6-14-10/h3-4,6H,1-2H3,(H,15,16,17). The van der Waals surface area contributed by atoms with E-state index in [0.29, 0.717) is 10.7 Å². The molecule has 5 nitrogen and oxygen atoms in total. The van der Waals surface area contributed by atoms with Gasteiger partial charge in [0.2, 0.25) is 0 Å². The van der Waals surface area contributed by atoms with Gasteiger partial charge < -0.3 is 0 Å². The summed E-state index contributed by atoms with van der Waals surface area (Å²) < 4.78 is 0. The van der Waals surface area contributed by atoms with Gasteiger partial charge in [0, 0.05) is 11.1 Å². The summed E-state index contributed by atoms with van der Waals surface area (Å²) in [6.07, 6.45) is 1.37. The van der Waals surface area contributed by atoms with Gasteiger partial charge >= 0.3 is 0 Å². The fourth-order valence-corrected chi connectivity index (χ4v) is 2.09. The molecule has 90 valence electrons. The molecule has 0 aliphatic heterocycles. The Morgan fingerprint density at radius 2 is 2.22 bits per heavy atom. The fourth-order valence-electron chi connectivity index (χ4n) is 1.28. The molecular formula is C12H10N4OS. The second kappa shape index (κ2) is 4.94. The van der Waals surface area contributed by atoms with Crippen LogP contribution in [0.3, 0.4) is 0 Å². The van der Waals surface area contributed by atoms with Crippen molar-refractivity contribution >= 4 is 22.4 Å². The zero-order valence-corrected chi connectivity index (χ0v) is 10.7. The predicted molar refractivity (Wildman–Crippen MR) is 68.5 cm³/mol. The molecule has 0 unspecified atom stereocenters. The number of hydrogen-bond acceptors (Lipinski definition) is 5. The van der Waals surface area contributed by atoms with Crippen molar-refractivity contribution in [1.82, 2.24) is 9.97 Å². The first-order valence-corrected chi connectivity index (χ1v) is 6.03. The van der Waals surface area contributed by atoms with E-state index in [9.17, 15) is 4.79 Å². The second-order valence-corrected chi connectivity index (χ2v) is 4.86. The maximum Gasteiger partial charge on any atom is 0.276 e. The lowest BCUT2D eigenvalue weighted by atomic mass is 10.2. The van der Waals surface area contributed by atoms with Crippen LogP contribution in [-0.4, -0.2) is 15.9 Å². The van der Waals surface area contributed by atoms with Gasteiger partial charge in [0.05, 0.1) is 11.3 Å². The number of hydrogen-bond donors (Lipinski definition) is 1. The Bertz CT molecular complexity index is 605. The number of nitrogens with one attached hydrogen (secondary N) is 1. The molecule has 0 bridgehead atoms. The number of carbonyl (C=O) groups is 1. The minimum Gasteiger partial charge on any atom is -0.296 e. The van der Waals surface area contributed by atoms with Crippen molar-refractivity contribution in [2.24, 2.45) is 0 Å². The van der Waals surface area contributed by atoms with Crippen LogP contribution < -0.4 is 5.32 Å². The van der Waals surface area contributed by atoms with E-state index in [2.05, 4.69) is 15.3 Å². The van der Waals surface area contributed by atoms with Crippen molar-refractivity contribution in [3.8, 4) is 6.07 Å². The highest BCUT2D eigenvalue weighted by Gasteiger charge is 2.11. The highest BCUT2D eigenvalue weighted by molar-refractivity contribution is 7.15. The summed E-state index contributed by atoms with van der Waals surface area (Å²) >= 11 is 1.42. The van der Waals surface area contributed by atoms with E-state index in [0.717, 1.165) is 10.6 Å². The molecule has 0 radical (unpaired) electrons. The van der Waals surface area contributed by atoms with Crippen LogP contribution in [0.5, 0.6) is 0 Å². The van der Waals surface area contributed by atoms with Crippen LogP contribution in [0.1, 0.15) is 26.6 Å². The Morgan fingerprint density at radius 3 is 2.72 bits per heavy atom. The predicted octanol–water partition coefficient (Wildman–Crippen LogP) is 2.28. The minimum absolute atomic E-state index is 0.263. The number of nitrogens with zero attached hydrogens (tertiary/aromatic N) is 3. The molecule has 0 aliphatic rings. The van der Waals surface area contributed by atoms with Crippen LogP contribution in [0.25, 0.3) is 0 Å². The molecule has 2 rings (SSSR count). The van der Waals surface area contributed by atoms with E-state index in [1.807, 2.05) is 19.9 Å². The maximum atomic E-state index is 11.8. The molecule has 0 aliphatic carbocycles. The number of thiazole rings is 1. The zero-order valence-electron chi connectivity index (χ0n) is 9.89. The Labute approximate surface area is 108 Å². The number of rotatable bonds is 2. The first-order valence-electron chi connectivity index (χ1n) is 5.21. The van der Waals surface area contributed by atoms with E-state index in [1.165, 1.54) is 23.6 Å². The molecule has 0 saturated heterocycles. The van der Waals surface area contributed by atoms with E-state index in [1.54, 1.807) is 6.07 Å². The van der Waals surface area contributed by atoms with Crippen molar-refractivity contribution in [1.29, 1.82) is 5.26 Å². The third-order valence-corrected chi connectivity index (χ3v) is 3.36. The van der Waals surface area contributed by atoms with Gasteiger partial charge in [0.25, 0.3) is 5.91 Å². The lowest BCUT2D eigenvalue weighted by Crippen LogP contribution is -2.13. The normalized spacial score (nSPS) is 9.83. The molecule has 0 spiro atoms. The van der Waals surface area contributed by atoms with Crippen molar-refractivity contribution < 1.29 is 4.79 Å². The summed E-state index contributed by atoms with van der Waals surface area (Å²) in [5.41, 5.74) is 1.59. The quantitative estimate of drug-likeness (QED) is 0.896. The number of pyridine rings is 1. The number of amides is 1. The number of aryl methyl sites for hydroxylation is 2. The van der Waals surface area contributed by atoms with Crippen LogP contribution in [-0.2, 0) is 0 Å². The summed E-state index contributed by atoms with van der Waals surface area (Å²) in [5.74, 6) is -0.326. The molecule has 2 aromatic heterocycles. The molecule has 6 heteroatoms. The molecule has 18 heavy (non-hydrogen) atoms. The first kappa shape index (κ1) is 12.2. The van der Waals surface area contributed by atoms with Crippen molar-refractivity contribution in [3.05, 3.63) is 40.2 Å². The Hall–Kier alpha value is -2.26. The van der Waals surface area contributed by atoms with E-state index < -0.39 is 0 Å². The number of carbonyl (C=O) groups excluding carboxylic acids is 1. The van der Waals surface area contributed by atoms with Gasteiger partial charge in [-0.05, 0) is 26.0 Å². The summed E-state index contributed by atoms with van der Waals surface area (Å²) in [5, 5.41) is 11.9. The Balaban J connectivity index is 2.14. The number of anilines is 1. The Kier molecular flexibility index (Phi) is 3.35. The maximum absolute atomic E-state index is 11.8. The molecule has 0 aromatic carbocycles. The van der Waals surface area contributed by atoms with Crippen molar-refractivity contribution in [3.63, 3.8) is 0 Å². The molecule has 1 amide bonds. The minimum atomic E-state index is -0.326. The van der Waals surface area contributed by atoms with Crippen LogP contribution >= 0.6 is 11.3 Å². The summed E-state index contributed by atoms with van der Waals surface area (Å²) in [4.78, 5) is 21.0. The molecule has 0 atom stereocenters. The lowest BCUT2D eigenvalue weighted by molar-refractivity contribution is 0.102. The topological polar surface area (TPSA) is 78.7 Å². The van der Waals surface area contributed by atoms with E-state index in [4.69, 9.17) is 5.26 Å². The molecule has 0 saturated carbocycles.